The van der Waals surface area contributed by atoms with Crippen LogP contribution in [0.3, 0.4) is 0 Å². The molecule has 1 nitrogen and oxygen atoms in total. The Kier molecular flexibility index (Phi) is 8.38. The van der Waals surface area contributed by atoms with Gasteiger partial charge in [-0.2, -0.15) is 11.8 Å². The van der Waals surface area contributed by atoms with Crippen molar-refractivity contribution < 1.29 is 0 Å². The van der Waals surface area contributed by atoms with Crippen LogP contribution in [0.25, 0.3) is 0 Å². The molecule has 17 heavy (non-hydrogen) atoms. The van der Waals surface area contributed by atoms with Crippen LogP contribution >= 0.6 is 11.8 Å². The first-order chi connectivity index (χ1) is 8.22. The van der Waals surface area contributed by atoms with E-state index in [4.69, 9.17) is 0 Å². The maximum Gasteiger partial charge on any atom is 0.00495 e. The molecule has 0 amide bonds. The third-order valence-electron chi connectivity index (χ3n) is 3.77. The van der Waals surface area contributed by atoms with Crippen molar-refractivity contribution in [3.63, 3.8) is 0 Å². The third-order valence-corrected chi connectivity index (χ3v) is 5.19. The Morgan fingerprint density at radius 1 is 1.35 bits per heavy atom. The van der Waals surface area contributed by atoms with E-state index in [9.17, 15) is 0 Å². The summed E-state index contributed by atoms with van der Waals surface area (Å²) < 4.78 is 0. The number of thioether (sulfide) groups is 1. The molecule has 1 N–H and O–H groups in total. The molecule has 0 radical (unpaired) electrons. The molecule has 1 aliphatic carbocycles. The highest BCUT2D eigenvalue weighted by Gasteiger charge is 2.18. The number of hydrogen-bond donors (Lipinski definition) is 1. The highest BCUT2D eigenvalue weighted by molar-refractivity contribution is 7.99. The lowest BCUT2D eigenvalue weighted by atomic mass is 9.91. The Hall–Kier alpha value is 0.310. The van der Waals surface area contributed by atoms with Crippen molar-refractivity contribution in [1.29, 1.82) is 0 Å². The summed E-state index contributed by atoms with van der Waals surface area (Å²) in [5.41, 5.74) is 0. The van der Waals surface area contributed by atoms with E-state index in [0.717, 1.165) is 11.2 Å². The lowest BCUT2D eigenvalue weighted by molar-refractivity contribution is 0.394. The van der Waals surface area contributed by atoms with Gasteiger partial charge in [0.25, 0.3) is 0 Å². The highest BCUT2D eigenvalue weighted by Crippen LogP contribution is 2.32. The molecule has 0 spiro atoms. The minimum atomic E-state index is 0.709. The molecule has 1 aliphatic rings. The van der Waals surface area contributed by atoms with Gasteiger partial charge in [-0.3, -0.25) is 0 Å². The second kappa shape index (κ2) is 9.27. The zero-order chi connectivity index (χ0) is 12.5. The average Bonchev–Trinajstić information content (AvgIpc) is 2.32. The van der Waals surface area contributed by atoms with E-state index in [1.165, 1.54) is 57.2 Å². The van der Waals surface area contributed by atoms with Gasteiger partial charge in [-0.25, -0.2) is 0 Å². The molecule has 0 bridgehead atoms. The van der Waals surface area contributed by atoms with E-state index in [0.29, 0.717) is 6.04 Å². The van der Waals surface area contributed by atoms with Crippen molar-refractivity contribution in [1.82, 2.24) is 5.32 Å². The Morgan fingerprint density at radius 3 is 2.88 bits per heavy atom. The predicted molar refractivity (Wildman–Crippen MR) is 80.9 cm³/mol. The number of hydrogen-bond acceptors (Lipinski definition) is 2. The summed E-state index contributed by atoms with van der Waals surface area (Å²) in [6.45, 7) is 8.15. The fourth-order valence-corrected chi connectivity index (χ4v) is 4.13. The molecular formula is C15H31NS. The maximum absolute atomic E-state index is 3.57. The van der Waals surface area contributed by atoms with Gasteiger partial charge >= 0.3 is 0 Å². The van der Waals surface area contributed by atoms with Gasteiger partial charge in [0.15, 0.2) is 0 Å². The minimum absolute atomic E-state index is 0.709. The van der Waals surface area contributed by atoms with Gasteiger partial charge in [0.1, 0.15) is 0 Å². The van der Waals surface area contributed by atoms with Crippen LogP contribution in [0, 0.1) is 5.92 Å². The minimum Gasteiger partial charge on any atom is -0.314 e. The van der Waals surface area contributed by atoms with Gasteiger partial charge in [0.2, 0.25) is 0 Å². The van der Waals surface area contributed by atoms with Crippen LogP contribution in [0.15, 0.2) is 0 Å². The first-order valence-electron chi connectivity index (χ1n) is 7.57. The molecule has 1 saturated carbocycles. The van der Waals surface area contributed by atoms with Crippen LogP contribution in [-0.2, 0) is 0 Å². The van der Waals surface area contributed by atoms with Crippen molar-refractivity contribution >= 4 is 11.8 Å². The molecule has 0 heterocycles. The third kappa shape index (κ3) is 7.35. The lowest BCUT2D eigenvalue weighted by Crippen LogP contribution is -2.26. The van der Waals surface area contributed by atoms with E-state index in [-0.39, 0.29) is 0 Å². The second-order valence-electron chi connectivity index (χ2n) is 5.76. The van der Waals surface area contributed by atoms with Crippen LogP contribution < -0.4 is 5.32 Å². The summed E-state index contributed by atoms with van der Waals surface area (Å²) in [5, 5.41) is 4.54. The Balaban J connectivity index is 1.96. The van der Waals surface area contributed by atoms with Gasteiger partial charge in [0.05, 0.1) is 0 Å². The molecule has 1 fully saturated rings. The first kappa shape index (κ1) is 15.4. The van der Waals surface area contributed by atoms with E-state index in [1.54, 1.807) is 0 Å². The summed E-state index contributed by atoms with van der Waals surface area (Å²) in [6, 6.07) is 0.709. The topological polar surface area (TPSA) is 12.0 Å². The van der Waals surface area contributed by atoms with Crippen molar-refractivity contribution in [3.05, 3.63) is 0 Å². The van der Waals surface area contributed by atoms with Crippen LogP contribution in [0.4, 0.5) is 0 Å². The molecule has 0 aromatic rings. The fourth-order valence-electron chi connectivity index (χ4n) is 2.66. The first-order valence-corrected chi connectivity index (χ1v) is 8.62. The summed E-state index contributed by atoms with van der Waals surface area (Å²) in [5.74, 6) is 2.35. The number of rotatable bonds is 8. The summed E-state index contributed by atoms with van der Waals surface area (Å²) >= 11 is 2.24. The van der Waals surface area contributed by atoms with Gasteiger partial charge in [-0.05, 0) is 57.2 Å². The van der Waals surface area contributed by atoms with E-state index in [2.05, 4.69) is 37.8 Å². The van der Waals surface area contributed by atoms with Crippen LogP contribution in [0.2, 0.25) is 0 Å². The maximum atomic E-state index is 3.57. The van der Waals surface area contributed by atoms with Gasteiger partial charge in [-0.15, -0.1) is 0 Å². The van der Waals surface area contributed by atoms with Crippen LogP contribution in [0.1, 0.15) is 65.7 Å². The molecular weight excluding hydrogens is 226 g/mol. The molecule has 0 saturated heterocycles. The average molecular weight is 257 g/mol. The second-order valence-corrected chi connectivity index (χ2v) is 7.17. The quantitative estimate of drug-likeness (QED) is 0.644. The monoisotopic (exact) mass is 257 g/mol. The smallest absolute Gasteiger partial charge is 0.00495 e. The Morgan fingerprint density at radius 2 is 2.18 bits per heavy atom. The van der Waals surface area contributed by atoms with Crippen LogP contribution in [-0.4, -0.2) is 23.6 Å². The summed E-state index contributed by atoms with van der Waals surface area (Å²) in [6.07, 6.45) is 9.84. The standard InChI is InChI=1S/C15H31NS/c1-4-10-16-14(3)8-6-11-17-15-9-5-7-13(2)12-15/h13-16H,4-12H2,1-3H3. The van der Waals surface area contributed by atoms with Gasteiger partial charge in [-0.1, -0.05) is 26.7 Å². The lowest BCUT2D eigenvalue weighted by Gasteiger charge is -2.26. The molecule has 0 aliphatic heterocycles. The zero-order valence-corrected chi connectivity index (χ0v) is 12.8. The molecule has 2 heteroatoms. The van der Waals surface area contributed by atoms with E-state index >= 15 is 0 Å². The summed E-state index contributed by atoms with van der Waals surface area (Å²) in [7, 11) is 0. The summed E-state index contributed by atoms with van der Waals surface area (Å²) in [4.78, 5) is 0. The van der Waals surface area contributed by atoms with Crippen molar-refractivity contribution in [2.24, 2.45) is 5.92 Å². The van der Waals surface area contributed by atoms with Crippen molar-refractivity contribution in [2.45, 2.75) is 77.0 Å². The van der Waals surface area contributed by atoms with Crippen LogP contribution in [0.5, 0.6) is 0 Å². The molecule has 102 valence electrons. The fraction of sp³-hybridized carbons (Fsp3) is 1.00. The Bertz CT molecular complexity index is 184. The largest absolute Gasteiger partial charge is 0.314 e. The van der Waals surface area contributed by atoms with Gasteiger partial charge in [0, 0.05) is 11.3 Å². The molecule has 3 atom stereocenters. The normalized spacial score (nSPS) is 27.0. The highest BCUT2D eigenvalue weighted by atomic mass is 32.2. The molecule has 0 aromatic heterocycles. The van der Waals surface area contributed by atoms with Crippen molar-refractivity contribution in [2.75, 3.05) is 12.3 Å². The molecule has 0 aromatic carbocycles. The van der Waals surface area contributed by atoms with E-state index in [1.807, 2.05) is 0 Å². The van der Waals surface area contributed by atoms with Crippen molar-refractivity contribution in [3.8, 4) is 0 Å². The molecule has 1 rings (SSSR count). The SMILES string of the molecule is CCCNC(C)CCCSC1CCCC(C)C1. The number of nitrogens with one attached hydrogen (secondary N) is 1. The predicted octanol–water partition coefficient (Wildman–Crippen LogP) is 4.47. The van der Waals surface area contributed by atoms with E-state index < -0.39 is 0 Å². The zero-order valence-electron chi connectivity index (χ0n) is 12.0. The molecule has 3 unspecified atom stereocenters. The Labute approximate surface area is 113 Å². The van der Waals surface area contributed by atoms with Gasteiger partial charge < -0.3 is 5.32 Å².